The Kier molecular flexibility index (Phi) is 4.79. The number of benzene rings is 2. The Morgan fingerprint density at radius 1 is 1.38 bits per heavy atom. The molecule has 0 radical (unpaired) electrons. The third-order valence-electron chi connectivity index (χ3n) is 4.60. The first-order valence-electron chi connectivity index (χ1n) is 8.55. The topological polar surface area (TPSA) is 35.2 Å². The van der Waals surface area contributed by atoms with Crippen LogP contribution in [0, 0.1) is 5.82 Å². The van der Waals surface area contributed by atoms with Crippen molar-refractivity contribution in [2.45, 2.75) is 37.7 Å². The Morgan fingerprint density at radius 2 is 2.08 bits per heavy atom. The molecule has 0 aromatic heterocycles. The molecule has 0 aliphatic carbocycles. The predicted molar refractivity (Wildman–Crippen MR) is 99.2 cm³/mol. The highest BCUT2D eigenvalue weighted by Gasteiger charge is 2.48. The molecule has 3 atom stereocenters. The SMILES string of the molecule is [2H]C(CCCN)[C@]1(c2ccccc2)Oc2cc(F)c(Cl)c(Br)c2[C@@H]1C. The van der Waals surface area contributed by atoms with Crippen LogP contribution in [0.3, 0.4) is 0 Å². The van der Waals surface area contributed by atoms with Gasteiger partial charge in [0.2, 0.25) is 0 Å². The second-order valence-electron chi connectivity index (χ2n) is 6.02. The highest BCUT2D eigenvalue weighted by atomic mass is 79.9. The number of halogens is 3. The fourth-order valence-electron chi connectivity index (χ4n) is 3.34. The lowest BCUT2D eigenvalue weighted by Gasteiger charge is -2.34. The zero-order chi connectivity index (χ0) is 18.2. The van der Waals surface area contributed by atoms with E-state index >= 15 is 0 Å². The minimum atomic E-state index is -0.904. The molecule has 1 heterocycles. The fourth-order valence-corrected chi connectivity index (χ4v) is 4.22. The van der Waals surface area contributed by atoms with E-state index in [1.165, 1.54) is 6.07 Å². The lowest BCUT2D eigenvalue weighted by atomic mass is 9.77. The van der Waals surface area contributed by atoms with E-state index in [0.717, 1.165) is 17.5 Å². The van der Waals surface area contributed by atoms with Gasteiger partial charge in [-0.1, -0.05) is 48.9 Å². The van der Waals surface area contributed by atoms with Gasteiger partial charge in [0, 0.05) is 23.4 Å². The summed E-state index contributed by atoms with van der Waals surface area (Å²) in [4.78, 5) is 0. The average Bonchev–Trinajstić information content (AvgIpc) is 2.91. The molecular weight excluding hydrogens is 393 g/mol. The number of hydrogen-bond acceptors (Lipinski definition) is 2. The van der Waals surface area contributed by atoms with E-state index in [2.05, 4.69) is 15.9 Å². The van der Waals surface area contributed by atoms with Crippen molar-refractivity contribution in [1.82, 2.24) is 0 Å². The molecule has 1 aliphatic rings. The molecule has 5 heteroatoms. The van der Waals surface area contributed by atoms with Crippen LogP contribution in [-0.4, -0.2) is 6.54 Å². The zero-order valence-electron chi connectivity index (χ0n) is 14.4. The maximum Gasteiger partial charge on any atom is 0.146 e. The summed E-state index contributed by atoms with van der Waals surface area (Å²) in [6.45, 7) is 2.52. The first kappa shape index (κ1) is 16.4. The lowest BCUT2D eigenvalue weighted by Crippen LogP contribution is -2.34. The first-order valence-corrected chi connectivity index (χ1v) is 9.14. The van der Waals surface area contributed by atoms with Crippen molar-refractivity contribution in [2.24, 2.45) is 5.73 Å². The van der Waals surface area contributed by atoms with E-state index in [0.29, 0.717) is 23.2 Å². The van der Waals surface area contributed by atoms with Crippen molar-refractivity contribution < 1.29 is 10.5 Å². The van der Waals surface area contributed by atoms with Crippen molar-refractivity contribution >= 4 is 27.5 Å². The van der Waals surface area contributed by atoms with Crippen LogP contribution in [0.2, 0.25) is 5.02 Å². The number of fused-ring (bicyclic) bond motifs is 1. The molecule has 128 valence electrons. The number of rotatable bonds is 5. The number of hydrogen-bond donors (Lipinski definition) is 1. The van der Waals surface area contributed by atoms with Gasteiger partial charge in [0.15, 0.2) is 0 Å². The standard InChI is InChI=1S/C19H20BrClFNO/c1-12-16-15(11-14(22)18(21)17(16)20)24-19(12,9-5-6-10-23)13-7-3-2-4-8-13/h2-4,7-8,11-12H,5-6,9-10,23H2,1H3/t12-,19-/m0/s1/i9D/t9?,12-,19-. The highest BCUT2D eigenvalue weighted by molar-refractivity contribution is 9.10. The molecule has 0 saturated carbocycles. The van der Waals surface area contributed by atoms with E-state index in [1.807, 2.05) is 37.3 Å². The number of ether oxygens (including phenoxy) is 1. The van der Waals surface area contributed by atoms with Gasteiger partial charge in [-0.15, -0.1) is 0 Å². The quantitative estimate of drug-likeness (QED) is 0.632. The summed E-state index contributed by atoms with van der Waals surface area (Å²) < 4.78 is 29.7. The van der Waals surface area contributed by atoms with E-state index in [1.54, 1.807) is 0 Å². The van der Waals surface area contributed by atoms with Crippen molar-refractivity contribution in [3.8, 4) is 5.75 Å². The average molecular weight is 414 g/mol. The van der Waals surface area contributed by atoms with Crippen molar-refractivity contribution in [1.29, 1.82) is 0 Å². The van der Waals surface area contributed by atoms with Crippen LogP contribution >= 0.6 is 27.5 Å². The van der Waals surface area contributed by atoms with Gasteiger partial charge in [-0.3, -0.25) is 0 Å². The molecule has 0 saturated heterocycles. The Labute approximate surface area is 156 Å². The van der Waals surface area contributed by atoms with Crippen LogP contribution in [0.4, 0.5) is 4.39 Å². The van der Waals surface area contributed by atoms with Crippen LogP contribution in [0.1, 0.15) is 44.6 Å². The third-order valence-corrected chi connectivity index (χ3v) is 6.02. The molecule has 0 fully saturated rings. The molecule has 1 aliphatic heterocycles. The number of nitrogens with two attached hydrogens (primary N) is 1. The Bertz CT molecular complexity index is 776. The molecule has 2 nitrogen and oxygen atoms in total. The van der Waals surface area contributed by atoms with Gasteiger partial charge in [0.25, 0.3) is 0 Å². The Balaban J connectivity index is 2.16. The second-order valence-corrected chi connectivity index (χ2v) is 7.19. The largest absolute Gasteiger partial charge is 0.481 e. The van der Waals surface area contributed by atoms with E-state index < -0.39 is 17.8 Å². The van der Waals surface area contributed by atoms with Crippen LogP contribution < -0.4 is 10.5 Å². The fraction of sp³-hybridized carbons (Fsp3) is 0.368. The molecule has 0 amide bonds. The van der Waals surface area contributed by atoms with Crippen LogP contribution in [0.15, 0.2) is 40.9 Å². The zero-order valence-corrected chi connectivity index (χ0v) is 15.7. The van der Waals surface area contributed by atoms with Crippen molar-refractivity contribution in [3.63, 3.8) is 0 Å². The molecule has 0 bridgehead atoms. The van der Waals surface area contributed by atoms with Gasteiger partial charge < -0.3 is 10.5 Å². The maximum atomic E-state index is 14.1. The van der Waals surface area contributed by atoms with Crippen LogP contribution in [-0.2, 0) is 5.60 Å². The molecule has 2 aromatic carbocycles. The van der Waals surface area contributed by atoms with Gasteiger partial charge in [-0.25, -0.2) is 4.39 Å². The molecule has 0 spiro atoms. The normalized spacial score (nSPS) is 24.2. The van der Waals surface area contributed by atoms with Crippen LogP contribution in [0.5, 0.6) is 5.75 Å². The van der Waals surface area contributed by atoms with E-state index in [4.69, 9.17) is 23.4 Å². The molecular formula is C19H20BrClFNO. The summed E-state index contributed by atoms with van der Waals surface area (Å²) in [6.07, 6.45) is 0.776. The molecule has 2 N–H and O–H groups in total. The summed E-state index contributed by atoms with van der Waals surface area (Å²) in [5, 5.41) is 0.0431. The predicted octanol–water partition coefficient (Wildman–Crippen LogP) is 5.76. The van der Waals surface area contributed by atoms with Crippen molar-refractivity contribution in [2.75, 3.05) is 6.54 Å². The Morgan fingerprint density at radius 3 is 2.75 bits per heavy atom. The summed E-state index contributed by atoms with van der Waals surface area (Å²) in [5.74, 6) is -0.264. The summed E-state index contributed by atoms with van der Waals surface area (Å²) in [7, 11) is 0. The molecule has 24 heavy (non-hydrogen) atoms. The minimum Gasteiger partial charge on any atom is -0.481 e. The minimum absolute atomic E-state index is 0.0431. The maximum absolute atomic E-state index is 14.1. The van der Waals surface area contributed by atoms with Gasteiger partial charge in [0.1, 0.15) is 17.2 Å². The molecule has 1 unspecified atom stereocenters. The molecule has 2 aromatic rings. The highest BCUT2D eigenvalue weighted by Crippen LogP contribution is 2.56. The van der Waals surface area contributed by atoms with E-state index in [-0.39, 0.29) is 10.9 Å². The lowest BCUT2D eigenvalue weighted by molar-refractivity contribution is 0.0575. The Hall–Kier alpha value is -1.10. The van der Waals surface area contributed by atoms with E-state index in [9.17, 15) is 4.39 Å². The van der Waals surface area contributed by atoms with Gasteiger partial charge in [-0.05, 0) is 47.3 Å². The van der Waals surface area contributed by atoms with Crippen molar-refractivity contribution in [3.05, 3.63) is 62.8 Å². The smallest absolute Gasteiger partial charge is 0.146 e. The summed E-state index contributed by atoms with van der Waals surface area (Å²) in [5.41, 5.74) is 6.44. The second kappa shape index (κ2) is 7.03. The van der Waals surface area contributed by atoms with Gasteiger partial charge in [-0.2, -0.15) is 0 Å². The monoisotopic (exact) mass is 412 g/mol. The van der Waals surface area contributed by atoms with Crippen LogP contribution in [0.25, 0.3) is 0 Å². The third kappa shape index (κ3) is 2.85. The summed E-state index contributed by atoms with van der Waals surface area (Å²) in [6, 6.07) is 11.0. The van der Waals surface area contributed by atoms with Gasteiger partial charge >= 0.3 is 0 Å². The van der Waals surface area contributed by atoms with Gasteiger partial charge in [0.05, 0.1) is 5.02 Å². The molecule has 3 rings (SSSR count). The summed E-state index contributed by atoms with van der Waals surface area (Å²) >= 11 is 9.50. The first-order chi connectivity index (χ1) is 11.9.